The van der Waals surface area contributed by atoms with Crippen LogP contribution in [0.15, 0.2) is 42.5 Å². The summed E-state index contributed by atoms with van der Waals surface area (Å²) in [6.45, 7) is 0. The van der Waals surface area contributed by atoms with Gasteiger partial charge in [0.2, 0.25) is 0 Å². The fourth-order valence-electron chi connectivity index (χ4n) is 2.04. The van der Waals surface area contributed by atoms with Crippen LogP contribution in [-0.4, -0.2) is 14.2 Å². The van der Waals surface area contributed by atoms with Gasteiger partial charge in [-0.1, -0.05) is 23.7 Å². The molecule has 0 saturated carbocycles. The molecule has 0 bridgehead atoms. The van der Waals surface area contributed by atoms with Crippen molar-refractivity contribution in [1.29, 1.82) is 0 Å². The van der Waals surface area contributed by atoms with Crippen molar-refractivity contribution < 1.29 is 9.47 Å². The van der Waals surface area contributed by atoms with E-state index in [2.05, 4.69) is 0 Å². The van der Waals surface area contributed by atoms with Crippen molar-refractivity contribution >= 4 is 11.6 Å². The Bertz CT molecular complexity index is 547. The number of rotatable bonds is 5. The second kappa shape index (κ2) is 6.64. The first-order valence-corrected chi connectivity index (χ1v) is 6.73. The number of benzene rings is 2. The molecule has 106 valence electrons. The van der Waals surface area contributed by atoms with Gasteiger partial charge in [0.15, 0.2) is 0 Å². The number of halogens is 1. The van der Waals surface area contributed by atoms with Gasteiger partial charge in [0.25, 0.3) is 0 Å². The van der Waals surface area contributed by atoms with E-state index in [0.717, 1.165) is 34.1 Å². The van der Waals surface area contributed by atoms with Crippen molar-refractivity contribution in [2.45, 2.75) is 12.5 Å². The van der Waals surface area contributed by atoms with Gasteiger partial charge in [-0.2, -0.15) is 0 Å². The molecular weight excluding hydrogens is 274 g/mol. The molecular formula is C16H18ClNO2. The highest BCUT2D eigenvalue weighted by molar-refractivity contribution is 6.30. The maximum absolute atomic E-state index is 6.27. The van der Waals surface area contributed by atoms with Gasteiger partial charge in [0, 0.05) is 17.1 Å². The van der Waals surface area contributed by atoms with Crippen LogP contribution in [0.5, 0.6) is 11.5 Å². The Kier molecular flexibility index (Phi) is 4.88. The molecule has 0 saturated heterocycles. The average molecular weight is 292 g/mol. The summed E-state index contributed by atoms with van der Waals surface area (Å²) in [6.07, 6.45) is 0.730. The summed E-state index contributed by atoms with van der Waals surface area (Å²) in [5.41, 5.74) is 8.39. The summed E-state index contributed by atoms with van der Waals surface area (Å²) >= 11 is 5.88. The second-order valence-corrected chi connectivity index (χ2v) is 5.02. The molecule has 0 fully saturated rings. The lowest BCUT2D eigenvalue weighted by atomic mass is 9.99. The number of ether oxygens (including phenoxy) is 2. The minimum atomic E-state index is -0.125. The van der Waals surface area contributed by atoms with Gasteiger partial charge in [0.05, 0.1) is 14.2 Å². The molecule has 0 aliphatic heterocycles. The van der Waals surface area contributed by atoms with E-state index in [9.17, 15) is 0 Å². The van der Waals surface area contributed by atoms with E-state index in [4.69, 9.17) is 26.8 Å². The Hall–Kier alpha value is -1.71. The second-order valence-electron chi connectivity index (χ2n) is 4.58. The van der Waals surface area contributed by atoms with Gasteiger partial charge in [-0.05, 0) is 41.8 Å². The molecule has 2 aromatic rings. The first-order chi connectivity index (χ1) is 9.62. The average Bonchev–Trinajstić information content (AvgIpc) is 2.48. The summed E-state index contributed by atoms with van der Waals surface area (Å²) in [6, 6.07) is 13.3. The first-order valence-electron chi connectivity index (χ1n) is 6.35. The lowest BCUT2D eigenvalue weighted by Crippen LogP contribution is -2.13. The van der Waals surface area contributed by atoms with Crippen LogP contribution in [-0.2, 0) is 6.42 Å². The summed E-state index contributed by atoms with van der Waals surface area (Å²) in [4.78, 5) is 0. The topological polar surface area (TPSA) is 44.5 Å². The van der Waals surface area contributed by atoms with Crippen molar-refractivity contribution in [2.75, 3.05) is 14.2 Å². The fraction of sp³-hybridized carbons (Fsp3) is 0.250. The Labute approximate surface area is 124 Å². The molecule has 2 N–H and O–H groups in total. The van der Waals surface area contributed by atoms with E-state index in [-0.39, 0.29) is 6.04 Å². The van der Waals surface area contributed by atoms with Crippen LogP contribution < -0.4 is 15.2 Å². The van der Waals surface area contributed by atoms with Gasteiger partial charge >= 0.3 is 0 Å². The molecule has 0 heterocycles. The quantitative estimate of drug-likeness (QED) is 0.915. The highest BCUT2D eigenvalue weighted by Crippen LogP contribution is 2.27. The van der Waals surface area contributed by atoms with Gasteiger partial charge < -0.3 is 15.2 Å². The number of methoxy groups -OCH3 is 2. The van der Waals surface area contributed by atoms with Gasteiger partial charge in [0.1, 0.15) is 11.5 Å². The van der Waals surface area contributed by atoms with Gasteiger partial charge in [-0.15, -0.1) is 0 Å². The summed E-state index contributed by atoms with van der Waals surface area (Å²) in [5, 5.41) is 0.727. The number of hydrogen-bond acceptors (Lipinski definition) is 3. The zero-order chi connectivity index (χ0) is 14.5. The van der Waals surface area contributed by atoms with Crippen LogP contribution in [0.4, 0.5) is 0 Å². The monoisotopic (exact) mass is 291 g/mol. The van der Waals surface area contributed by atoms with Crippen LogP contribution in [0, 0.1) is 0 Å². The molecule has 0 amide bonds. The van der Waals surface area contributed by atoms with Crippen LogP contribution in [0.25, 0.3) is 0 Å². The molecule has 4 heteroatoms. The summed E-state index contributed by atoms with van der Waals surface area (Å²) in [5.74, 6) is 1.48. The summed E-state index contributed by atoms with van der Waals surface area (Å²) < 4.78 is 10.5. The molecule has 3 nitrogen and oxygen atoms in total. The molecule has 0 aliphatic carbocycles. The van der Waals surface area contributed by atoms with Crippen molar-refractivity contribution in [2.24, 2.45) is 5.73 Å². The summed E-state index contributed by atoms with van der Waals surface area (Å²) in [7, 11) is 3.26. The molecule has 2 rings (SSSR count). The van der Waals surface area contributed by atoms with E-state index in [1.165, 1.54) is 0 Å². The van der Waals surface area contributed by atoms with E-state index in [1.807, 2.05) is 42.5 Å². The normalized spacial score (nSPS) is 12.0. The molecule has 0 radical (unpaired) electrons. The van der Waals surface area contributed by atoms with Crippen LogP contribution in [0.1, 0.15) is 17.2 Å². The highest BCUT2D eigenvalue weighted by atomic mass is 35.5. The third-order valence-corrected chi connectivity index (χ3v) is 3.42. The molecule has 1 atom stereocenters. The minimum Gasteiger partial charge on any atom is -0.497 e. The van der Waals surface area contributed by atoms with Crippen molar-refractivity contribution in [3.8, 4) is 11.5 Å². The Morgan fingerprint density at radius 1 is 1.00 bits per heavy atom. The van der Waals surface area contributed by atoms with Crippen molar-refractivity contribution in [1.82, 2.24) is 0 Å². The maximum atomic E-state index is 6.27. The van der Waals surface area contributed by atoms with Crippen LogP contribution >= 0.6 is 11.6 Å². The lowest BCUT2D eigenvalue weighted by molar-refractivity contribution is 0.392. The van der Waals surface area contributed by atoms with Crippen LogP contribution in [0.3, 0.4) is 0 Å². The van der Waals surface area contributed by atoms with Gasteiger partial charge in [-0.3, -0.25) is 0 Å². The fourth-order valence-corrected chi connectivity index (χ4v) is 2.16. The van der Waals surface area contributed by atoms with Gasteiger partial charge in [-0.25, -0.2) is 0 Å². The van der Waals surface area contributed by atoms with E-state index < -0.39 is 0 Å². The zero-order valence-corrected chi connectivity index (χ0v) is 12.4. The number of hydrogen-bond donors (Lipinski definition) is 1. The smallest absolute Gasteiger partial charge is 0.122 e. The third-order valence-electron chi connectivity index (χ3n) is 3.17. The third kappa shape index (κ3) is 3.65. The SMILES string of the molecule is COc1cc(OC)cc(C(N)Cc2ccc(Cl)cc2)c1. The standard InChI is InChI=1S/C16H18ClNO2/c1-19-14-8-12(9-15(10-14)20-2)16(18)7-11-3-5-13(17)6-4-11/h3-6,8-10,16H,7,18H2,1-2H3. The van der Waals surface area contributed by atoms with Crippen molar-refractivity contribution in [3.63, 3.8) is 0 Å². The molecule has 1 unspecified atom stereocenters. The minimum absolute atomic E-state index is 0.125. The molecule has 0 aliphatic rings. The highest BCUT2D eigenvalue weighted by Gasteiger charge is 2.10. The van der Waals surface area contributed by atoms with Crippen molar-refractivity contribution in [3.05, 3.63) is 58.6 Å². The lowest BCUT2D eigenvalue weighted by Gasteiger charge is -2.15. The van der Waals surface area contributed by atoms with E-state index in [1.54, 1.807) is 14.2 Å². The van der Waals surface area contributed by atoms with E-state index in [0.29, 0.717) is 0 Å². The largest absolute Gasteiger partial charge is 0.497 e. The molecule has 20 heavy (non-hydrogen) atoms. The Morgan fingerprint density at radius 2 is 1.55 bits per heavy atom. The Morgan fingerprint density at radius 3 is 2.05 bits per heavy atom. The molecule has 0 spiro atoms. The maximum Gasteiger partial charge on any atom is 0.122 e. The van der Waals surface area contributed by atoms with E-state index >= 15 is 0 Å². The number of nitrogens with two attached hydrogens (primary N) is 1. The zero-order valence-electron chi connectivity index (χ0n) is 11.6. The Balaban J connectivity index is 2.19. The predicted molar refractivity (Wildman–Crippen MR) is 81.6 cm³/mol. The molecule has 2 aromatic carbocycles. The van der Waals surface area contributed by atoms with Crippen LogP contribution in [0.2, 0.25) is 5.02 Å². The molecule has 0 aromatic heterocycles. The predicted octanol–water partition coefficient (Wildman–Crippen LogP) is 3.60. The first kappa shape index (κ1) is 14.7.